The van der Waals surface area contributed by atoms with Crippen LogP contribution in [-0.4, -0.2) is 0 Å². The van der Waals surface area contributed by atoms with Crippen LogP contribution in [-0.2, 0) is 6.61 Å². The molecule has 2 aromatic carbocycles. The Morgan fingerprint density at radius 1 is 1.06 bits per heavy atom. The minimum Gasteiger partial charge on any atom is -0.486 e. The fraction of sp³-hybridized carbons (Fsp3) is 0.0769. The maximum atomic E-state index is 13.3. The van der Waals surface area contributed by atoms with Gasteiger partial charge in [0.05, 0.1) is 0 Å². The van der Waals surface area contributed by atoms with Gasteiger partial charge in [-0.05, 0) is 35.9 Å². The van der Waals surface area contributed by atoms with Crippen molar-refractivity contribution >= 4 is 15.9 Å². The fourth-order valence-electron chi connectivity index (χ4n) is 1.45. The number of hydrogen-bond acceptors (Lipinski definition) is 1. The van der Waals surface area contributed by atoms with Gasteiger partial charge in [-0.3, -0.25) is 0 Å². The van der Waals surface area contributed by atoms with Crippen molar-refractivity contribution in [2.75, 3.05) is 0 Å². The molecule has 0 aliphatic heterocycles. The molecule has 94 valence electrons. The number of rotatable bonds is 3. The maximum absolute atomic E-state index is 13.3. The maximum Gasteiger partial charge on any atom is 0.200 e. The van der Waals surface area contributed by atoms with Crippen LogP contribution in [0, 0.1) is 17.5 Å². The Bertz CT molecular complexity index is 552. The highest BCUT2D eigenvalue weighted by molar-refractivity contribution is 9.10. The molecular weight excluding hydrogens is 309 g/mol. The average molecular weight is 317 g/mol. The van der Waals surface area contributed by atoms with Crippen LogP contribution in [0.1, 0.15) is 5.56 Å². The molecule has 0 aromatic heterocycles. The van der Waals surface area contributed by atoms with Gasteiger partial charge >= 0.3 is 0 Å². The van der Waals surface area contributed by atoms with E-state index in [9.17, 15) is 13.2 Å². The first-order valence-corrected chi connectivity index (χ1v) is 5.87. The third kappa shape index (κ3) is 3.04. The Morgan fingerprint density at radius 2 is 1.83 bits per heavy atom. The van der Waals surface area contributed by atoms with E-state index >= 15 is 0 Å². The normalized spacial score (nSPS) is 10.4. The zero-order chi connectivity index (χ0) is 13.1. The minimum atomic E-state index is -1.05. The molecule has 0 aliphatic carbocycles. The zero-order valence-electron chi connectivity index (χ0n) is 9.09. The van der Waals surface area contributed by atoms with E-state index in [1.54, 1.807) is 6.07 Å². The van der Waals surface area contributed by atoms with E-state index in [1.165, 1.54) is 24.3 Å². The predicted molar refractivity (Wildman–Crippen MR) is 64.8 cm³/mol. The molecule has 0 atom stereocenters. The Balaban J connectivity index is 2.14. The van der Waals surface area contributed by atoms with Crippen LogP contribution >= 0.6 is 15.9 Å². The van der Waals surface area contributed by atoms with Crippen LogP contribution in [0.15, 0.2) is 40.9 Å². The largest absolute Gasteiger partial charge is 0.486 e. The molecule has 0 saturated heterocycles. The molecule has 0 radical (unpaired) electrons. The number of hydrogen-bond donors (Lipinski definition) is 0. The number of ether oxygens (including phenoxy) is 1. The second-order valence-corrected chi connectivity index (χ2v) is 4.53. The van der Waals surface area contributed by atoms with Crippen LogP contribution in [0.25, 0.3) is 0 Å². The van der Waals surface area contributed by atoms with Crippen molar-refractivity contribution in [1.82, 2.24) is 0 Å². The summed E-state index contributed by atoms with van der Waals surface area (Å²) >= 11 is 3.14. The molecule has 18 heavy (non-hydrogen) atoms. The van der Waals surface area contributed by atoms with Crippen molar-refractivity contribution in [3.63, 3.8) is 0 Å². The Hall–Kier alpha value is -1.49. The summed E-state index contributed by atoms with van der Waals surface area (Å²) in [5, 5.41) is 0. The van der Waals surface area contributed by atoms with E-state index in [4.69, 9.17) is 4.74 Å². The highest BCUT2D eigenvalue weighted by Gasteiger charge is 2.09. The van der Waals surface area contributed by atoms with Gasteiger partial charge in [0, 0.05) is 4.47 Å². The van der Waals surface area contributed by atoms with Crippen molar-refractivity contribution in [3.05, 3.63) is 63.9 Å². The molecule has 0 bridgehead atoms. The van der Waals surface area contributed by atoms with Crippen LogP contribution in [0.4, 0.5) is 13.2 Å². The van der Waals surface area contributed by atoms with E-state index < -0.39 is 17.5 Å². The van der Waals surface area contributed by atoms with E-state index in [2.05, 4.69) is 15.9 Å². The van der Waals surface area contributed by atoms with Gasteiger partial charge in [0.15, 0.2) is 11.6 Å². The van der Waals surface area contributed by atoms with Crippen molar-refractivity contribution in [2.45, 2.75) is 6.61 Å². The molecule has 0 aliphatic rings. The molecule has 5 heteroatoms. The SMILES string of the molecule is Fc1cc(Br)cc(COc2cccc(F)c2F)c1. The molecule has 2 aromatic rings. The molecule has 0 fully saturated rings. The Morgan fingerprint density at radius 3 is 2.56 bits per heavy atom. The average Bonchev–Trinajstić information content (AvgIpc) is 2.30. The van der Waals surface area contributed by atoms with Crippen LogP contribution in [0.5, 0.6) is 5.75 Å². The summed E-state index contributed by atoms with van der Waals surface area (Å²) in [6.07, 6.45) is 0. The zero-order valence-corrected chi connectivity index (χ0v) is 10.7. The van der Waals surface area contributed by atoms with E-state index in [0.29, 0.717) is 10.0 Å². The van der Waals surface area contributed by atoms with E-state index in [0.717, 1.165) is 6.07 Å². The lowest BCUT2D eigenvalue weighted by atomic mass is 10.2. The van der Waals surface area contributed by atoms with Crippen LogP contribution in [0.3, 0.4) is 0 Å². The highest BCUT2D eigenvalue weighted by atomic mass is 79.9. The van der Waals surface area contributed by atoms with Gasteiger partial charge in [-0.1, -0.05) is 22.0 Å². The quantitative estimate of drug-likeness (QED) is 0.813. The topological polar surface area (TPSA) is 9.23 Å². The summed E-state index contributed by atoms with van der Waals surface area (Å²) in [7, 11) is 0. The molecule has 0 saturated carbocycles. The van der Waals surface area contributed by atoms with Gasteiger partial charge < -0.3 is 4.74 Å². The van der Waals surface area contributed by atoms with E-state index in [-0.39, 0.29) is 12.4 Å². The molecule has 0 N–H and O–H groups in total. The fourth-order valence-corrected chi connectivity index (χ4v) is 1.96. The second kappa shape index (κ2) is 5.44. The van der Waals surface area contributed by atoms with Gasteiger partial charge in [-0.15, -0.1) is 0 Å². The number of benzene rings is 2. The van der Waals surface area contributed by atoms with Crippen LogP contribution < -0.4 is 4.74 Å². The van der Waals surface area contributed by atoms with Gasteiger partial charge in [-0.25, -0.2) is 8.78 Å². The molecule has 0 unspecified atom stereocenters. The molecule has 0 spiro atoms. The summed E-state index contributed by atoms with van der Waals surface area (Å²) in [6.45, 7) is -0.0449. The highest BCUT2D eigenvalue weighted by Crippen LogP contribution is 2.21. The first-order valence-electron chi connectivity index (χ1n) is 5.08. The second-order valence-electron chi connectivity index (χ2n) is 3.62. The first-order chi connectivity index (χ1) is 8.56. The number of halogens is 4. The lowest BCUT2D eigenvalue weighted by Gasteiger charge is -2.08. The molecule has 0 heterocycles. The van der Waals surface area contributed by atoms with Crippen molar-refractivity contribution in [1.29, 1.82) is 0 Å². The van der Waals surface area contributed by atoms with E-state index in [1.807, 2.05) is 0 Å². The summed E-state index contributed by atoms with van der Waals surface area (Å²) in [5.41, 5.74) is 0.519. The smallest absolute Gasteiger partial charge is 0.200 e. The lowest BCUT2D eigenvalue weighted by molar-refractivity contribution is 0.284. The van der Waals surface area contributed by atoms with Gasteiger partial charge in [0.25, 0.3) is 0 Å². The van der Waals surface area contributed by atoms with Crippen molar-refractivity contribution < 1.29 is 17.9 Å². The molecular formula is C13H8BrF3O. The first kappa shape index (κ1) is 13.0. The summed E-state index contributed by atoms with van der Waals surface area (Å²) in [5.74, 6) is -2.65. The van der Waals surface area contributed by atoms with Gasteiger partial charge in [-0.2, -0.15) is 4.39 Å². The van der Waals surface area contributed by atoms with Crippen molar-refractivity contribution in [2.24, 2.45) is 0 Å². The molecule has 2 rings (SSSR count). The third-order valence-electron chi connectivity index (χ3n) is 2.23. The van der Waals surface area contributed by atoms with Gasteiger partial charge in [0.2, 0.25) is 5.82 Å². The van der Waals surface area contributed by atoms with Crippen molar-refractivity contribution in [3.8, 4) is 5.75 Å². The van der Waals surface area contributed by atoms with Gasteiger partial charge in [0.1, 0.15) is 12.4 Å². The predicted octanol–water partition coefficient (Wildman–Crippen LogP) is 4.45. The molecule has 0 amide bonds. The monoisotopic (exact) mass is 316 g/mol. The summed E-state index contributed by atoms with van der Waals surface area (Å²) in [6, 6.07) is 7.86. The standard InChI is InChI=1S/C13H8BrF3O/c14-9-4-8(5-10(15)6-9)7-18-12-3-1-2-11(16)13(12)17/h1-6H,7H2. The summed E-state index contributed by atoms with van der Waals surface area (Å²) < 4.78 is 44.9. The molecule has 1 nitrogen and oxygen atoms in total. The third-order valence-corrected chi connectivity index (χ3v) is 2.69. The Kier molecular flexibility index (Phi) is 3.91. The summed E-state index contributed by atoms with van der Waals surface area (Å²) in [4.78, 5) is 0. The minimum absolute atomic E-state index is 0.0449. The Labute approximate surface area is 110 Å². The van der Waals surface area contributed by atoms with Crippen LogP contribution in [0.2, 0.25) is 0 Å². The lowest BCUT2D eigenvalue weighted by Crippen LogP contribution is -1.99.